The van der Waals surface area contributed by atoms with Gasteiger partial charge in [-0.2, -0.15) is 4.98 Å². The van der Waals surface area contributed by atoms with Crippen molar-refractivity contribution in [1.82, 2.24) is 19.9 Å². The number of benzene rings is 1. The lowest BCUT2D eigenvalue weighted by atomic mass is 10.2. The topological polar surface area (TPSA) is 82.7 Å². The van der Waals surface area contributed by atoms with Gasteiger partial charge in [0.05, 0.1) is 6.54 Å². The van der Waals surface area contributed by atoms with Crippen molar-refractivity contribution in [3.8, 4) is 11.4 Å². The highest BCUT2D eigenvalue weighted by Crippen LogP contribution is 2.16. The molecule has 23 heavy (non-hydrogen) atoms. The van der Waals surface area contributed by atoms with Gasteiger partial charge in [0.1, 0.15) is 6.10 Å². The Kier molecular flexibility index (Phi) is 4.68. The zero-order chi connectivity index (χ0) is 16.2. The van der Waals surface area contributed by atoms with E-state index < -0.39 is 6.10 Å². The Bertz CT molecular complexity index is 648. The Hall–Kier alpha value is -2.25. The van der Waals surface area contributed by atoms with E-state index in [1.54, 1.807) is 4.90 Å². The van der Waals surface area contributed by atoms with Crippen molar-refractivity contribution in [1.29, 1.82) is 0 Å². The average molecular weight is 316 g/mol. The smallest absolute Gasteiger partial charge is 0.251 e. The summed E-state index contributed by atoms with van der Waals surface area (Å²) in [6.45, 7) is 4.71. The Morgan fingerprint density at radius 1 is 1.26 bits per heavy atom. The molecule has 0 radical (unpaired) electrons. The predicted octanol–water partition coefficient (Wildman–Crippen LogP) is 0.762. The van der Waals surface area contributed by atoms with Crippen LogP contribution in [0.25, 0.3) is 11.4 Å². The van der Waals surface area contributed by atoms with Crippen molar-refractivity contribution in [2.45, 2.75) is 19.6 Å². The Balaban J connectivity index is 1.55. The third kappa shape index (κ3) is 3.75. The van der Waals surface area contributed by atoms with Crippen molar-refractivity contribution >= 4 is 5.91 Å². The second-order valence-electron chi connectivity index (χ2n) is 5.66. The molecule has 0 aliphatic carbocycles. The van der Waals surface area contributed by atoms with Gasteiger partial charge in [0.25, 0.3) is 5.91 Å². The molecule has 122 valence electrons. The SMILES string of the molecule is CC(O)C(=O)N1CCN(Cc2nc(-c3ccccc3)no2)CC1. The molecule has 1 amide bonds. The average Bonchev–Trinajstić information content (AvgIpc) is 3.04. The maximum Gasteiger partial charge on any atom is 0.251 e. The molecule has 0 bridgehead atoms. The van der Waals surface area contributed by atoms with E-state index in [1.807, 2.05) is 30.3 Å². The first-order chi connectivity index (χ1) is 11.1. The minimum atomic E-state index is -0.939. The molecular weight excluding hydrogens is 296 g/mol. The van der Waals surface area contributed by atoms with Crippen molar-refractivity contribution < 1.29 is 14.4 Å². The molecular formula is C16H20N4O3. The monoisotopic (exact) mass is 316 g/mol. The van der Waals surface area contributed by atoms with Crippen LogP contribution in [0.5, 0.6) is 0 Å². The van der Waals surface area contributed by atoms with Crippen LogP contribution < -0.4 is 0 Å². The quantitative estimate of drug-likeness (QED) is 0.897. The highest BCUT2D eigenvalue weighted by Gasteiger charge is 2.24. The van der Waals surface area contributed by atoms with Crippen LogP contribution in [0.4, 0.5) is 0 Å². The number of aliphatic hydroxyl groups is 1. The Morgan fingerprint density at radius 2 is 1.96 bits per heavy atom. The summed E-state index contributed by atoms with van der Waals surface area (Å²) >= 11 is 0. The maximum absolute atomic E-state index is 11.7. The first kappa shape index (κ1) is 15.6. The zero-order valence-electron chi connectivity index (χ0n) is 13.1. The third-order valence-electron chi connectivity index (χ3n) is 3.90. The number of hydrogen-bond acceptors (Lipinski definition) is 6. The fourth-order valence-corrected chi connectivity index (χ4v) is 2.61. The molecule has 0 spiro atoms. The summed E-state index contributed by atoms with van der Waals surface area (Å²) in [5.41, 5.74) is 0.926. The number of carbonyl (C=O) groups is 1. The molecule has 1 fully saturated rings. The molecule has 1 atom stereocenters. The van der Waals surface area contributed by atoms with Gasteiger partial charge in [-0.3, -0.25) is 9.69 Å². The fraction of sp³-hybridized carbons (Fsp3) is 0.438. The normalized spacial score (nSPS) is 17.2. The number of carbonyl (C=O) groups excluding carboxylic acids is 1. The van der Waals surface area contributed by atoms with Crippen molar-refractivity contribution in [3.05, 3.63) is 36.2 Å². The van der Waals surface area contributed by atoms with Crippen LogP contribution in [0.15, 0.2) is 34.9 Å². The second-order valence-corrected chi connectivity index (χ2v) is 5.66. The summed E-state index contributed by atoms with van der Waals surface area (Å²) in [6, 6.07) is 9.69. The minimum Gasteiger partial charge on any atom is -0.384 e. The lowest BCUT2D eigenvalue weighted by Gasteiger charge is -2.34. The number of aromatic nitrogens is 2. The van der Waals surface area contributed by atoms with Crippen LogP contribution in [-0.2, 0) is 11.3 Å². The van der Waals surface area contributed by atoms with Gasteiger partial charge in [-0.05, 0) is 6.92 Å². The Labute approximate surface area is 134 Å². The van der Waals surface area contributed by atoms with Gasteiger partial charge in [-0.15, -0.1) is 0 Å². The van der Waals surface area contributed by atoms with Crippen molar-refractivity contribution in [2.24, 2.45) is 0 Å². The summed E-state index contributed by atoms with van der Waals surface area (Å²) in [5, 5.41) is 13.4. The maximum atomic E-state index is 11.7. The number of amides is 1. The number of hydrogen-bond donors (Lipinski definition) is 1. The predicted molar refractivity (Wildman–Crippen MR) is 83.3 cm³/mol. The summed E-state index contributed by atoms with van der Waals surface area (Å²) in [4.78, 5) is 20.0. The van der Waals surface area contributed by atoms with E-state index in [9.17, 15) is 9.90 Å². The number of nitrogens with zero attached hydrogens (tertiary/aromatic N) is 4. The van der Waals surface area contributed by atoms with E-state index in [1.165, 1.54) is 6.92 Å². The number of rotatable bonds is 4. The largest absolute Gasteiger partial charge is 0.384 e. The molecule has 1 unspecified atom stereocenters. The second kappa shape index (κ2) is 6.89. The molecule has 1 N–H and O–H groups in total. The summed E-state index contributed by atoms with van der Waals surface area (Å²) in [6.07, 6.45) is -0.939. The van der Waals surface area contributed by atoms with Gasteiger partial charge >= 0.3 is 0 Å². The van der Waals surface area contributed by atoms with Gasteiger partial charge in [-0.1, -0.05) is 35.5 Å². The standard InChI is InChI=1S/C16H20N4O3/c1-12(21)16(22)20-9-7-19(8-10-20)11-14-17-15(18-23-14)13-5-3-2-4-6-13/h2-6,12,21H,7-11H2,1H3. The van der Waals surface area contributed by atoms with E-state index in [0.717, 1.165) is 18.7 Å². The molecule has 1 aliphatic heterocycles. The fourth-order valence-electron chi connectivity index (χ4n) is 2.61. The van der Waals surface area contributed by atoms with E-state index in [2.05, 4.69) is 15.0 Å². The van der Waals surface area contributed by atoms with Gasteiger partial charge in [-0.25, -0.2) is 0 Å². The lowest BCUT2D eigenvalue weighted by molar-refractivity contribution is -0.141. The van der Waals surface area contributed by atoms with Crippen LogP contribution >= 0.6 is 0 Å². The molecule has 3 rings (SSSR count). The lowest BCUT2D eigenvalue weighted by Crippen LogP contribution is -2.50. The van der Waals surface area contributed by atoms with Crippen molar-refractivity contribution in [2.75, 3.05) is 26.2 Å². The first-order valence-corrected chi connectivity index (χ1v) is 7.70. The molecule has 1 aromatic heterocycles. The molecule has 7 heteroatoms. The first-order valence-electron chi connectivity index (χ1n) is 7.70. The van der Waals surface area contributed by atoms with Crippen LogP contribution in [0.1, 0.15) is 12.8 Å². The highest BCUT2D eigenvalue weighted by atomic mass is 16.5. The number of piperazine rings is 1. The van der Waals surface area contributed by atoms with E-state index in [0.29, 0.717) is 31.3 Å². The minimum absolute atomic E-state index is 0.214. The van der Waals surface area contributed by atoms with E-state index in [4.69, 9.17) is 4.52 Å². The van der Waals surface area contributed by atoms with Gasteiger partial charge in [0.2, 0.25) is 11.7 Å². The molecule has 2 heterocycles. The summed E-state index contributed by atoms with van der Waals surface area (Å²) < 4.78 is 5.31. The van der Waals surface area contributed by atoms with Gasteiger partial charge < -0.3 is 14.5 Å². The summed E-state index contributed by atoms with van der Waals surface area (Å²) in [7, 11) is 0. The van der Waals surface area contributed by atoms with Crippen LogP contribution in [0.3, 0.4) is 0 Å². The molecule has 1 aromatic carbocycles. The molecule has 2 aromatic rings. The Morgan fingerprint density at radius 3 is 2.61 bits per heavy atom. The van der Waals surface area contributed by atoms with Crippen LogP contribution in [0.2, 0.25) is 0 Å². The highest BCUT2D eigenvalue weighted by molar-refractivity contribution is 5.80. The number of aliphatic hydroxyl groups excluding tert-OH is 1. The van der Waals surface area contributed by atoms with Gasteiger partial charge in [0.15, 0.2) is 0 Å². The molecule has 1 aliphatic rings. The molecule has 7 nitrogen and oxygen atoms in total. The summed E-state index contributed by atoms with van der Waals surface area (Å²) in [5.74, 6) is 0.941. The van der Waals surface area contributed by atoms with E-state index in [-0.39, 0.29) is 5.91 Å². The molecule has 1 saturated heterocycles. The van der Waals surface area contributed by atoms with Crippen LogP contribution in [0, 0.1) is 0 Å². The van der Waals surface area contributed by atoms with Crippen LogP contribution in [-0.4, -0.2) is 63.2 Å². The third-order valence-corrected chi connectivity index (χ3v) is 3.90. The molecule has 0 saturated carbocycles. The van der Waals surface area contributed by atoms with Crippen molar-refractivity contribution in [3.63, 3.8) is 0 Å². The zero-order valence-corrected chi connectivity index (χ0v) is 13.1. The van der Waals surface area contributed by atoms with E-state index >= 15 is 0 Å². The van der Waals surface area contributed by atoms with Gasteiger partial charge in [0, 0.05) is 31.7 Å².